The van der Waals surface area contributed by atoms with Crippen molar-refractivity contribution < 1.29 is 19.7 Å². The zero-order valence-electron chi connectivity index (χ0n) is 11.3. The molecule has 0 atom stereocenters. The summed E-state index contributed by atoms with van der Waals surface area (Å²) in [7, 11) is 1.52. The second kappa shape index (κ2) is 6.31. The van der Waals surface area contributed by atoms with Crippen molar-refractivity contribution in [2.45, 2.75) is 20.1 Å². The maximum Gasteiger partial charge on any atom is 0.322 e. The molecule has 0 aliphatic carbocycles. The molecule has 0 aliphatic rings. The minimum Gasteiger partial charge on any atom is -0.493 e. The number of hydrogen-bond donors (Lipinski definition) is 2. The second-order valence-electron chi connectivity index (χ2n) is 4.17. The van der Waals surface area contributed by atoms with Gasteiger partial charge < -0.3 is 19.7 Å². The molecular formula is C14H16N2O4. The molecular weight excluding hydrogens is 260 g/mol. The lowest BCUT2D eigenvalue weighted by Gasteiger charge is -2.11. The number of methoxy groups -OCH3 is 1. The van der Waals surface area contributed by atoms with Gasteiger partial charge in [0.25, 0.3) is 0 Å². The Morgan fingerprint density at radius 1 is 1.15 bits per heavy atom. The van der Waals surface area contributed by atoms with Gasteiger partial charge in [-0.15, -0.1) is 0 Å². The van der Waals surface area contributed by atoms with Gasteiger partial charge in [-0.25, -0.2) is 4.98 Å². The molecule has 2 rings (SSSR count). The van der Waals surface area contributed by atoms with Gasteiger partial charge in [-0.2, -0.15) is 4.98 Å². The first-order chi connectivity index (χ1) is 9.67. The average Bonchev–Trinajstić information content (AvgIpc) is 2.48. The van der Waals surface area contributed by atoms with Crippen LogP contribution in [0, 0.1) is 6.92 Å². The van der Waals surface area contributed by atoms with Crippen LogP contribution in [0.2, 0.25) is 0 Å². The molecule has 106 valence electrons. The Labute approximate surface area is 116 Å². The van der Waals surface area contributed by atoms with Crippen molar-refractivity contribution >= 4 is 0 Å². The van der Waals surface area contributed by atoms with Crippen LogP contribution in [0.3, 0.4) is 0 Å². The summed E-state index contributed by atoms with van der Waals surface area (Å²) in [5, 5.41) is 18.2. The van der Waals surface area contributed by atoms with E-state index in [9.17, 15) is 0 Å². The number of ether oxygens (including phenoxy) is 2. The molecule has 2 aromatic rings. The Balaban J connectivity index is 2.27. The van der Waals surface area contributed by atoms with Gasteiger partial charge >= 0.3 is 6.01 Å². The van der Waals surface area contributed by atoms with Crippen molar-refractivity contribution in [1.82, 2.24) is 9.97 Å². The van der Waals surface area contributed by atoms with Crippen molar-refractivity contribution in [1.29, 1.82) is 0 Å². The Morgan fingerprint density at radius 2 is 1.95 bits per heavy atom. The molecule has 0 spiro atoms. The highest BCUT2D eigenvalue weighted by molar-refractivity contribution is 5.44. The summed E-state index contributed by atoms with van der Waals surface area (Å²) in [6.07, 6.45) is 1.52. The standard InChI is InChI=1S/C14H16N2O4/c1-9-11(8-18)6-15-14(16-9)20-12-4-3-10(7-17)5-13(12)19-2/h3-6,17-18H,7-8H2,1-2H3. The first-order valence-electron chi connectivity index (χ1n) is 6.07. The van der Waals surface area contributed by atoms with E-state index in [-0.39, 0.29) is 19.2 Å². The number of rotatable bonds is 5. The fraction of sp³-hybridized carbons (Fsp3) is 0.286. The third-order valence-corrected chi connectivity index (χ3v) is 2.84. The monoisotopic (exact) mass is 276 g/mol. The summed E-state index contributed by atoms with van der Waals surface area (Å²) in [5.41, 5.74) is 2.03. The summed E-state index contributed by atoms with van der Waals surface area (Å²) in [5.74, 6) is 0.949. The van der Waals surface area contributed by atoms with Crippen LogP contribution >= 0.6 is 0 Å². The van der Waals surface area contributed by atoms with E-state index in [2.05, 4.69) is 9.97 Å². The average molecular weight is 276 g/mol. The summed E-state index contributed by atoms with van der Waals surface area (Å²) >= 11 is 0. The number of aliphatic hydroxyl groups is 2. The third kappa shape index (κ3) is 3.04. The second-order valence-corrected chi connectivity index (χ2v) is 4.17. The lowest BCUT2D eigenvalue weighted by atomic mass is 10.2. The molecule has 0 fully saturated rings. The predicted molar refractivity (Wildman–Crippen MR) is 71.7 cm³/mol. The van der Waals surface area contributed by atoms with E-state index < -0.39 is 0 Å². The van der Waals surface area contributed by atoms with Crippen molar-refractivity contribution in [3.63, 3.8) is 0 Å². The van der Waals surface area contributed by atoms with E-state index >= 15 is 0 Å². The van der Waals surface area contributed by atoms with Crippen LogP contribution in [-0.2, 0) is 13.2 Å². The normalized spacial score (nSPS) is 10.4. The number of aromatic nitrogens is 2. The molecule has 0 saturated carbocycles. The topological polar surface area (TPSA) is 84.7 Å². The van der Waals surface area contributed by atoms with Gasteiger partial charge in [0.15, 0.2) is 11.5 Å². The van der Waals surface area contributed by atoms with E-state index in [1.54, 1.807) is 25.1 Å². The highest BCUT2D eigenvalue weighted by atomic mass is 16.5. The molecule has 1 heterocycles. The molecule has 0 unspecified atom stereocenters. The van der Waals surface area contributed by atoms with Gasteiger partial charge in [0.05, 0.1) is 26.0 Å². The van der Waals surface area contributed by atoms with Gasteiger partial charge in [0.2, 0.25) is 0 Å². The van der Waals surface area contributed by atoms with Crippen LogP contribution in [0.1, 0.15) is 16.8 Å². The summed E-state index contributed by atoms with van der Waals surface area (Å²) < 4.78 is 10.8. The van der Waals surface area contributed by atoms with Crippen molar-refractivity contribution in [3.05, 3.63) is 41.2 Å². The molecule has 0 bridgehead atoms. The van der Waals surface area contributed by atoms with E-state index in [1.807, 2.05) is 0 Å². The zero-order valence-corrected chi connectivity index (χ0v) is 11.3. The fourth-order valence-corrected chi connectivity index (χ4v) is 1.67. The molecule has 1 aromatic carbocycles. The molecule has 0 amide bonds. The predicted octanol–water partition coefficient (Wildman–Crippen LogP) is 1.57. The van der Waals surface area contributed by atoms with Crippen LogP contribution in [0.5, 0.6) is 17.5 Å². The Bertz CT molecular complexity index is 602. The lowest BCUT2D eigenvalue weighted by Crippen LogP contribution is -1.99. The number of hydrogen-bond acceptors (Lipinski definition) is 6. The molecule has 0 aliphatic heterocycles. The minimum absolute atomic E-state index is 0.0720. The lowest BCUT2D eigenvalue weighted by molar-refractivity contribution is 0.279. The summed E-state index contributed by atoms with van der Waals surface area (Å²) in [6.45, 7) is 1.59. The van der Waals surface area contributed by atoms with E-state index in [0.29, 0.717) is 22.8 Å². The van der Waals surface area contributed by atoms with Crippen LogP contribution in [0.4, 0.5) is 0 Å². The molecule has 6 heteroatoms. The van der Waals surface area contributed by atoms with Gasteiger partial charge in [0, 0.05) is 11.8 Å². The largest absolute Gasteiger partial charge is 0.493 e. The van der Waals surface area contributed by atoms with E-state index in [4.69, 9.17) is 19.7 Å². The fourth-order valence-electron chi connectivity index (χ4n) is 1.67. The summed E-state index contributed by atoms with van der Waals surface area (Å²) in [6, 6.07) is 5.27. The Kier molecular flexibility index (Phi) is 4.49. The van der Waals surface area contributed by atoms with Gasteiger partial charge in [0.1, 0.15) is 0 Å². The van der Waals surface area contributed by atoms with Crippen molar-refractivity contribution in [3.8, 4) is 17.5 Å². The van der Waals surface area contributed by atoms with Gasteiger partial charge in [-0.1, -0.05) is 6.07 Å². The van der Waals surface area contributed by atoms with Crippen LogP contribution in [0.15, 0.2) is 24.4 Å². The maximum absolute atomic E-state index is 9.09. The van der Waals surface area contributed by atoms with E-state index in [0.717, 1.165) is 5.56 Å². The number of benzene rings is 1. The Hall–Kier alpha value is -2.18. The first-order valence-corrected chi connectivity index (χ1v) is 6.07. The number of nitrogens with zero attached hydrogens (tertiary/aromatic N) is 2. The smallest absolute Gasteiger partial charge is 0.322 e. The van der Waals surface area contributed by atoms with E-state index in [1.165, 1.54) is 13.3 Å². The van der Waals surface area contributed by atoms with Gasteiger partial charge in [-0.3, -0.25) is 0 Å². The number of aliphatic hydroxyl groups excluding tert-OH is 2. The van der Waals surface area contributed by atoms with Crippen molar-refractivity contribution in [2.24, 2.45) is 0 Å². The zero-order chi connectivity index (χ0) is 14.5. The minimum atomic E-state index is -0.110. The van der Waals surface area contributed by atoms with Crippen LogP contribution in [-0.4, -0.2) is 27.3 Å². The molecule has 0 saturated heterocycles. The van der Waals surface area contributed by atoms with Crippen LogP contribution in [0.25, 0.3) is 0 Å². The molecule has 0 radical (unpaired) electrons. The quantitative estimate of drug-likeness (QED) is 0.862. The highest BCUT2D eigenvalue weighted by Crippen LogP contribution is 2.31. The molecule has 20 heavy (non-hydrogen) atoms. The first kappa shape index (κ1) is 14.2. The summed E-state index contributed by atoms with van der Waals surface area (Å²) in [4.78, 5) is 8.18. The third-order valence-electron chi connectivity index (χ3n) is 2.84. The van der Waals surface area contributed by atoms with Crippen LogP contribution < -0.4 is 9.47 Å². The Morgan fingerprint density at radius 3 is 2.55 bits per heavy atom. The maximum atomic E-state index is 9.09. The number of aryl methyl sites for hydroxylation is 1. The van der Waals surface area contributed by atoms with Gasteiger partial charge in [-0.05, 0) is 24.6 Å². The highest BCUT2D eigenvalue weighted by Gasteiger charge is 2.10. The molecule has 6 nitrogen and oxygen atoms in total. The molecule has 2 N–H and O–H groups in total. The molecule has 1 aromatic heterocycles. The van der Waals surface area contributed by atoms with Crippen molar-refractivity contribution in [2.75, 3.05) is 7.11 Å². The SMILES string of the molecule is COc1cc(CO)ccc1Oc1ncc(CO)c(C)n1.